The van der Waals surface area contributed by atoms with E-state index < -0.39 is 0 Å². The lowest BCUT2D eigenvalue weighted by Gasteiger charge is -2.03. The van der Waals surface area contributed by atoms with Crippen molar-refractivity contribution < 1.29 is 0 Å². The van der Waals surface area contributed by atoms with Gasteiger partial charge >= 0.3 is 0 Å². The number of hydrogen-bond acceptors (Lipinski definition) is 0. The second-order valence-corrected chi connectivity index (χ2v) is 7.33. The maximum Gasteiger partial charge on any atom is -0.0351 e. The molecule has 0 heteroatoms. The molecule has 0 bridgehead atoms. The van der Waals surface area contributed by atoms with Crippen molar-refractivity contribution in [2.75, 3.05) is 0 Å². The monoisotopic (exact) mass is 322 g/mol. The fraction of sp³-hybridized carbons (Fsp3) is 0.913. The smallest absolute Gasteiger partial charge is 0.0351 e. The zero-order valence-corrected chi connectivity index (χ0v) is 16.6. The van der Waals surface area contributed by atoms with E-state index in [9.17, 15) is 0 Å². The summed E-state index contributed by atoms with van der Waals surface area (Å²) >= 11 is 0. The van der Waals surface area contributed by atoms with Crippen LogP contribution < -0.4 is 0 Å². The third-order valence-corrected chi connectivity index (χ3v) is 4.88. The molecule has 23 heavy (non-hydrogen) atoms. The van der Waals surface area contributed by atoms with E-state index in [1.807, 2.05) is 0 Å². The van der Waals surface area contributed by atoms with Crippen LogP contribution >= 0.6 is 0 Å². The minimum absolute atomic E-state index is 1.19. The fourth-order valence-electron chi connectivity index (χ4n) is 3.27. The molecule has 0 N–H and O–H groups in total. The summed E-state index contributed by atoms with van der Waals surface area (Å²) in [6, 6.07) is 0. The molecule has 0 aliphatic rings. The normalized spacial score (nSPS) is 11.6. The Bertz CT molecular complexity index is 216. The molecule has 0 atom stereocenters. The molecular weight excluding hydrogens is 276 g/mol. The van der Waals surface area contributed by atoms with Crippen molar-refractivity contribution in [1.29, 1.82) is 0 Å². The van der Waals surface area contributed by atoms with Crippen LogP contribution in [-0.4, -0.2) is 0 Å². The molecule has 0 aromatic heterocycles. The third kappa shape index (κ3) is 21.7. The van der Waals surface area contributed by atoms with Crippen LogP contribution in [0.1, 0.15) is 136 Å². The highest BCUT2D eigenvalue weighted by Gasteiger charge is 1.94. The second-order valence-electron chi connectivity index (χ2n) is 7.33. The van der Waals surface area contributed by atoms with Gasteiger partial charge in [-0.25, -0.2) is 0 Å². The SMILES string of the molecule is CCC=CCCCCCCCCCCCCCCCCCCC. The average molecular weight is 323 g/mol. The van der Waals surface area contributed by atoms with Gasteiger partial charge in [-0.05, 0) is 19.3 Å². The van der Waals surface area contributed by atoms with Crippen LogP contribution in [0.3, 0.4) is 0 Å². The van der Waals surface area contributed by atoms with Crippen LogP contribution in [0, 0.1) is 0 Å². The highest BCUT2D eigenvalue weighted by Crippen LogP contribution is 2.14. The first-order chi connectivity index (χ1) is 11.4. The third-order valence-electron chi connectivity index (χ3n) is 4.88. The number of unbranched alkanes of at least 4 members (excludes halogenated alkanes) is 17. The molecule has 0 aliphatic carbocycles. The lowest BCUT2D eigenvalue weighted by molar-refractivity contribution is 0.527. The van der Waals surface area contributed by atoms with Crippen LogP contribution in [0.5, 0.6) is 0 Å². The second kappa shape index (κ2) is 21.7. The van der Waals surface area contributed by atoms with Crippen molar-refractivity contribution in [3.8, 4) is 0 Å². The maximum atomic E-state index is 2.35. The summed E-state index contributed by atoms with van der Waals surface area (Å²) in [5, 5.41) is 0. The van der Waals surface area contributed by atoms with Crippen molar-refractivity contribution in [3.63, 3.8) is 0 Å². The lowest BCUT2D eigenvalue weighted by atomic mass is 10.0. The lowest BCUT2D eigenvalue weighted by Crippen LogP contribution is -1.83. The predicted molar refractivity (Wildman–Crippen MR) is 108 cm³/mol. The largest absolute Gasteiger partial charge is 0.0888 e. The van der Waals surface area contributed by atoms with Gasteiger partial charge in [0.2, 0.25) is 0 Å². The molecule has 0 saturated carbocycles. The molecule has 0 saturated heterocycles. The Morgan fingerprint density at radius 3 is 1.09 bits per heavy atom. The van der Waals surface area contributed by atoms with Gasteiger partial charge in [0, 0.05) is 0 Å². The summed E-state index contributed by atoms with van der Waals surface area (Å²) in [6.07, 6.45) is 32.0. The van der Waals surface area contributed by atoms with Gasteiger partial charge in [0.1, 0.15) is 0 Å². The Balaban J connectivity index is 2.96. The molecule has 0 aromatic rings. The van der Waals surface area contributed by atoms with Gasteiger partial charge in [0.25, 0.3) is 0 Å². The van der Waals surface area contributed by atoms with Crippen molar-refractivity contribution in [3.05, 3.63) is 12.2 Å². The van der Waals surface area contributed by atoms with E-state index >= 15 is 0 Å². The number of allylic oxidation sites excluding steroid dienone is 2. The minimum Gasteiger partial charge on any atom is -0.0888 e. The first-order valence-electron chi connectivity index (χ1n) is 11.1. The van der Waals surface area contributed by atoms with Gasteiger partial charge in [0.05, 0.1) is 0 Å². The molecule has 138 valence electrons. The van der Waals surface area contributed by atoms with E-state index in [1.54, 1.807) is 0 Å². The molecule has 0 spiro atoms. The molecule has 0 aromatic carbocycles. The molecule has 0 rings (SSSR count). The zero-order valence-electron chi connectivity index (χ0n) is 16.6. The van der Waals surface area contributed by atoms with E-state index in [0.717, 1.165) is 0 Å². The van der Waals surface area contributed by atoms with Crippen molar-refractivity contribution in [2.24, 2.45) is 0 Å². The molecule has 0 fully saturated rings. The maximum absolute atomic E-state index is 2.35. The quantitative estimate of drug-likeness (QED) is 0.164. The Morgan fingerprint density at radius 2 is 0.739 bits per heavy atom. The van der Waals surface area contributed by atoms with Crippen molar-refractivity contribution >= 4 is 0 Å². The van der Waals surface area contributed by atoms with Gasteiger partial charge in [-0.15, -0.1) is 0 Å². The summed E-state index contributed by atoms with van der Waals surface area (Å²) in [5.41, 5.74) is 0. The van der Waals surface area contributed by atoms with E-state index in [-0.39, 0.29) is 0 Å². The number of rotatable bonds is 19. The first kappa shape index (κ1) is 22.7. The Kier molecular flexibility index (Phi) is 21.5. The van der Waals surface area contributed by atoms with Crippen molar-refractivity contribution in [1.82, 2.24) is 0 Å². The molecule has 0 amide bonds. The number of hydrogen-bond donors (Lipinski definition) is 0. The molecule has 0 aliphatic heterocycles. The van der Waals surface area contributed by atoms with Crippen LogP contribution in [0.25, 0.3) is 0 Å². The van der Waals surface area contributed by atoms with Crippen LogP contribution in [0.15, 0.2) is 12.2 Å². The van der Waals surface area contributed by atoms with E-state index in [4.69, 9.17) is 0 Å². The van der Waals surface area contributed by atoms with Gasteiger partial charge in [0.15, 0.2) is 0 Å². The van der Waals surface area contributed by atoms with E-state index in [2.05, 4.69) is 26.0 Å². The topological polar surface area (TPSA) is 0 Å². The first-order valence-corrected chi connectivity index (χ1v) is 11.1. The standard InChI is InChI=1S/C23H46/c1-3-5-7-9-11-13-15-17-19-21-23-22-20-18-16-14-12-10-8-6-4-2/h5,7H,3-4,6,8-23H2,1-2H3. The van der Waals surface area contributed by atoms with E-state index in [1.165, 1.54) is 122 Å². The van der Waals surface area contributed by atoms with Gasteiger partial charge < -0.3 is 0 Å². The van der Waals surface area contributed by atoms with Crippen LogP contribution in [0.4, 0.5) is 0 Å². The summed E-state index contributed by atoms with van der Waals surface area (Å²) in [4.78, 5) is 0. The molecule has 0 heterocycles. The molecule has 0 nitrogen and oxygen atoms in total. The van der Waals surface area contributed by atoms with Crippen LogP contribution in [-0.2, 0) is 0 Å². The molecular formula is C23H46. The van der Waals surface area contributed by atoms with E-state index in [0.29, 0.717) is 0 Å². The predicted octanol–water partition coefficient (Wildman–Crippen LogP) is 8.99. The Morgan fingerprint density at radius 1 is 0.391 bits per heavy atom. The summed E-state index contributed by atoms with van der Waals surface area (Å²) < 4.78 is 0. The summed E-state index contributed by atoms with van der Waals surface area (Å²) in [6.45, 7) is 4.51. The average Bonchev–Trinajstić information content (AvgIpc) is 2.57. The van der Waals surface area contributed by atoms with Gasteiger partial charge in [-0.3, -0.25) is 0 Å². The zero-order chi connectivity index (χ0) is 16.8. The van der Waals surface area contributed by atoms with Gasteiger partial charge in [-0.1, -0.05) is 129 Å². The highest BCUT2D eigenvalue weighted by atomic mass is 14.0. The molecule has 0 radical (unpaired) electrons. The highest BCUT2D eigenvalue weighted by molar-refractivity contribution is 4.79. The fourth-order valence-corrected chi connectivity index (χ4v) is 3.27. The molecule has 0 unspecified atom stereocenters. The Hall–Kier alpha value is -0.260. The van der Waals surface area contributed by atoms with Crippen molar-refractivity contribution in [2.45, 2.75) is 136 Å². The summed E-state index contributed by atoms with van der Waals surface area (Å²) in [5.74, 6) is 0. The minimum atomic E-state index is 1.19. The van der Waals surface area contributed by atoms with Crippen LogP contribution in [0.2, 0.25) is 0 Å². The Labute approximate surface area is 148 Å². The van der Waals surface area contributed by atoms with Gasteiger partial charge in [-0.2, -0.15) is 0 Å². The summed E-state index contributed by atoms with van der Waals surface area (Å²) in [7, 11) is 0.